The van der Waals surface area contributed by atoms with Gasteiger partial charge in [-0.15, -0.1) is 0 Å². The highest BCUT2D eigenvalue weighted by molar-refractivity contribution is 5.96. The molecule has 9 nitrogen and oxygen atoms in total. The van der Waals surface area contributed by atoms with Crippen molar-refractivity contribution < 1.29 is 33.7 Å². The molecule has 0 radical (unpaired) electrons. The van der Waals surface area contributed by atoms with Crippen LogP contribution in [0.25, 0.3) is 0 Å². The van der Waals surface area contributed by atoms with E-state index in [2.05, 4.69) is 24.1 Å². The van der Waals surface area contributed by atoms with Gasteiger partial charge in [0.1, 0.15) is 12.1 Å². The number of carbonyl (C=O) groups is 3. The van der Waals surface area contributed by atoms with Crippen LogP contribution >= 0.6 is 0 Å². The van der Waals surface area contributed by atoms with Crippen molar-refractivity contribution in [3.8, 4) is 11.5 Å². The van der Waals surface area contributed by atoms with E-state index in [1.54, 1.807) is 28.1 Å². The zero-order valence-electron chi connectivity index (χ0n) is 22.7. The van der Waals surface area contributed by atoms with Crippen molar-refractivity contribution in [1.82, 2.24) is 10.2 Å². The number of aliphatic carboxylic acids is 1. The third-order valence-corrected chi connectivity index (χ3v) is 7.21. The van der Waals surface area contributed by atoms with Gasteiger partial charge < -0.3 is 24.6 Å². The second kappa shape index (κ2) is 12.4. The lowest BCUT2D eigenvalue weighted by Crippen LogP contribution is -2.49. The number of hydrogen-bond acceptors (Lipinski definition) is 7. The highest BCUT2D eigenvalue weighted by atomic mass is 16.5. The summed E-state index contributed by atoms with van der Waals surface area (Å²) in [6.45, 7) is 9.45. The standard InChI is InChI=1S/C28H40N2O7/c1-16(2)11-19-15-30-10-9-18-12-23(35-5)24(36-6)13-20(18)21(30)14-22(19)37-26(32)8-7-25(31)29-27(17(3)4)28(33)34/h7-8,12-13,16-17,19,21-22,27H,9-11,14-15H2,1-6H3,(H,29,31)(H,33,34)/b8-7+/t19-,21-,22-,27+/m1/s1. The number of carboxylic acids is 1. The number of carboxylic acid groups (broad SMARTS) is 1. The summed E-state index contributed by atoms with van der Waals surface area (Å²) in [7, 11) is 3.25. The molecule has 37 heavy (non-hydrogen) atoms. The molecule has 1 aromatic carbocycles. The van der Waals surface area contributed by atoms with Gasteiger partial charge in [-0.2, -0.15) is 0 Å². The Morgan fingerprint density at radius 2 is 1.78 bits per heavy atom. The summed E-state index contributed by atoms with van der Waals surface area (Å²) in [5.74, 6) is -0.676. The minimum atomic E-state index is -1.12. The molecule has 3 rings (SSSR count). The van der Waals surface area contributed by atoms with E-state index in [4.69, 9.17) is 14.2 Å². The molecule has 2 heterocycles. The van der Waals surface area contributed by atoms with Gasteiger partial charge in [0.25, 0.3) is 0 Å². The van der Waals surface area contributed by atoms with Crippen LogP contribution in [0.4, 0.5) is 0 Å². The third-order valence-electron chi connectivity index (χ3n) is 7.21. The Morgan fingerprint density at radius 1 is 1.11 bits per heavy atom. The maximum absolute atomic E-state index is 12.7. The number of esters is 1. The van der Waals surface area contributed by atoms with Crippen LogP contribution in [-0.4, -0.2) is 67.3 Å². The molecule has 2 N–H and O–H groups in total. The Morgan fingerprint density at radius 3 is 2.38 bits per heavy atom. The van der Waals surface area contributed by atoms with Crippen molar-refractivity contribution in [3.63, 3.8) is 0 Å². The lowest BCUT2D eigenvalue weighted by atomic mass is 9.79. The van der Waals surface area contributed by atoms with Crippen molar-refractivity contribution in [1.29, 1.82) is 0 Å². The Balaban J connectivity index is 1.76. The minimum Gasteiger partial charge on any atom is -0.493 e. The number of nitrogens with zero attached hydrogens (tertiary/aromatic N) is 1. The van der Waals surface area contributed by atoms with Gasteiger partial charge in [-0.1, -0.05) is 27.7 Å². The van der Waals surface area contributed by atoms with E-state index in [0.29, 0.717) is 23.8 Å². The summed E-state index contributed by atoms with van der Waals surface area (Å²) >= 11 is 0. The number of carbonyl (C=O) groups excluding carboxylic acids is 2. The Labute approximate surface area is 219 Å². The zero-order valence-corrected chi connectivity index (χ0v) is 22.7. The van der Waals surface area contributed by atoms with Crippen LogP contribution in [0.1, 0.15) is 57.7 Å². The number of nitrogens with one attached hydrogen (secondary N) is 1. The van der Waals surface area contributed by atoms with Crippen molar-refractivity contribution in [2.75, 3.05) is 27.3 Å². The summed E-state index contributed by atoms with van der Waals surface area (Å²) < 4.78 is 17.0. The van der Waals surface area contributed by atoms with E-state index < -0.39 is 23.9 Å². The van der Waals surface area contributed by atoms with E-state index in [1.165, 1.54) is 5.56 Å². The molecule has 2 aliphatic heterocycles. The zero-order chi connectivity index (χ0) is 27.3. The average Bonchev–Trinajstić information content (AvgIpc) is 2.84. The van der Waals surface area contributed by atoms with Crippen LogP contribution in [-0.2, 0) is 25.5 Å². The Bertz CT molecular complexity index is 1020. The summed E-state index contributed by atoms with van der Waals surface area (Å²) in [5.41, 5.74) is 2.37. The molecule has 1 fully saturated rings. The van der Waals surface area contributed by atoms with Gasteiger partial charge in [-0.05, 0) is 47.9 Å². The molecule has 0 aromatic heterocycles. The summed E-state index contributed by atoms with van der Waals surface area (Å²) in [6.07, 6.45) is 4.27. The van der Waals surface area contributed by atoms with Gasteiger partial charge in [-0.3, -0.25) is 9.69 Å². The van der Waals surface area contributed by atoms with Gasteiger partial charge in [0, 0.05) is 43.6 Å². The lowest BCUT2D eigenvalue weighted by Gasteiger charge is -2.47. The molecule has 9 heteroatoms. The number of methoxy groups -OCH3 is 2. The molecule has 1 saturated heterocycles. The average molecular weight is 517 g/mol. The SMILES string of the molecule is COc1cc2c(cc1OC)[C@H]1C[C@@H](OC(=O)/C=C/C(=O)N[C@H](C(=O)O)C(C)C)[C@H](CC(C)C)CN1CC2. The monoisotopic (exact) mass is 516 g/mol. The second-order valence-corrected chi connectivity index (χ2v) is 10.7. The van der Waals surface area contributed by atoms with Crippen LogP contribution in [0, 0.1) is 17.8 Å². The molecular weight excluding hydrogens is 476 g/mol. The molecule has 4 atom stereocenters. The van der Waals surface area contributed by atoms with Crippen LogP contribution in [0.5, 0.6) is 11.5 Å². The van der Waals surface area contributed by atoms with E-state index in [-0.39, 0.29) is 24.0 Å². The number of hydrogen-bond donors (Lipinski definition) is 2. The molecule has 1 amide bonds. The maximum Gasteiger partial charge on any atom is 0.331 e. The third kappa shape index (κ3) is 7.03. The smallest absolute Gasteiger partial charge is 0.331 e. The van der Waals surface area contributed by atoms with Gasteiger partial charge in [0.05, 0.1) is 14.2 Å². The van der Waals surface area contributed by atoms with Crippen LogP contribution in [0.3, 0.4) is 0 Å². The van der Waals surface area contributed by atoms with E-state index in [9.17, 15) is 19.5 Å². The minimum absolute atomic E-state index is 0.0828. The normalized spacial score (nSPS) is 22.3. The molecule has 0 aliphatic carbocycles. The fourth-order valence-electron chi connectivity index (χ4n) is 5.43. The number of benzene rings is 1. The predicted octanol–water partition coefficient (Wildman–Crippen LogP) is 3.36. The highest BCUT2D eigenvalue weighted by Gasteiger charge is 2.41. The van der Waals surface area contributed by atoms with E-state index in [0.717, 1.165) is 43.6 Å². The van der Waals surface area contributed by atoms with Crippen LogP contribution < -0.4 is 14.8 Å². The Hall–Kier alpha value is -3.07. The molecule has 2 aliphatic rings. The van der Waals surface area contributed by atoms with Gasteiger partial charge in [-0.25, -0.2) is 9.59 Å². The number of amides is 1. The Kier molecular flexibility index (Phi) is 9.59. The van der Waals surface area contributed by atoms with E-state index >= 15 is 0 Å². The fourth-order valence-corrected chi connectivity index (χ4v) is 5.43. The fraction of sp³-hybridized carbons (Fsp3) is 0.607. The molecule has 0 spiro atoms. The topological polar surface area (TPSA) is 114 Å². The quantitative estimate of drug-likeness (QED) is 0.359. The largest absolute Gasteiger partial charge is 0.493 e. The predicted molar refractivity (Wildman–Crippen MR) is 139 cm³/mol. The van der Waals surface area contributed by atoms with Crippen molar-refractivity contribution >= 4 is 17.8 Å². The summed E-state index contributed by atoms with van der Waals surface area (Å²) in [4.78, 5) is 38.7. The van der Waals surface area contributed by atoms with Gasteiger partial charge >= 0.3 is 11.9 Å². The first-order valence-corrected chi connectivity index (χ1v) is 12.9. The first kappa shape index (κ1) is 28.5. The molecule has 0 unspecified atom stereocenters. The first-order chi connectivity index (χ1) is 17.5. The maximum atomic E-state index is 12.7. The van der Waals surface area contributed by atoms with Gasteiger partial charge in [0.15, 0.2) is 11.5 Å². The first-order valence-electron chi connectivity index (χ1n) is 12.9. The molecule has 1 aromatic rings. The van der Waals surface area contributed by atoms with Gasteiger partial charge in [0.2, 0.25) is 5.91 Å². The molecule has 0 bridgehead atoms. The lowest BCUT2D eigenvalue weighted by molar-refractivity contribution is -0.151. The summed E-state index contributed by atoms with van der Waals surface area (Å²) in [6, 6.07) is 3.12. The molecular formula is C28H40N2O7. The molecule has 0 saturated carbocycles. The molecule has 204 valence electrons. The van der Waals surface area contributed by atoms with Crippen molar-refractivity contribution in [2.24, 2.45) is 17.8 Å². The summed E-state index contributed by atoms with van der Waals surface area (Å²) in [5, 5.41) is 11.7. The second-order valence-electron chi connectivity index (χ2n) is 10.7. The number of piperidine rings is 1. The van der Waals surface area contributed by atoms with Crippen molar-refractivity contribution in [2.45, 2.75) is 65.1 Å². The number of ether oxygens (including phenoxy) is 3. The van der Waals surface area contributed by atoms with Crippen LogP contribution in [0.2, 0.25) is 0 Å². The number of rotatable bonds is 10. The van der Waals surface area contributed by atoms with E-state index in [1.807, 2.05) is 12.1 Å². The van der Waals surface area contributed by atoms with Crippen LogP contribution in [0.15, 0.2) is 24.3 Å². The highest BCUT2D eigenvalue weighted by Crippen LogP contribution is 2.44. The van der Waals surface area contributed by atoms with Crippen molar-refractivity contribution in [3.05, 3.63) is 35.4 Å². The number of fused-ring (bicyclic) bond motifs is 3.